The van der Waals surface area contributed by atoms with Gasteiger partial charge >= 0.3 is 6.18 Å². The van der Waals surface area contributed by atoms with Gasteiger partial charge in [0.2, 0.25) is 0 Å². The molecule has 1 aromatic rings. The molecule has 0 amide bonds. The normalized spacial score (nSPS) is 18.5. The van der Waals surface area contributed by atoms with Crippen LogP contribution < -0.4 is 5.73 Å². The summed E-state index contributed by atoms with van der Waals surface area (Å²) in [5, 5.41) is 0. The number of hydrogen-bond acceptors (Lipinski definition) is 2. The van der Waals surface area contributed by atoms with E-state index in [1.54, 1.807) is 0 Å². The number of nitrogens with zero attached hydrogens (tertiary/aromatic N) is 1. The van der Waals surface area contributed by atoms with E-state index in [1.165, 1.54) is 12.3 Å². The predicted molar refractivity (Wildman–Crippen MR) is 53.8 cm³/mol. The molecule has 1 fully saturated rings. The summed E-state index contributed by atoms with van der Waals surface area (Å²) in [5.41, 5.74) is 5.59. The van der Waals surface area contributed by atoms with Gasteiger partial charge in [0, 0.05) is 12.1 Å². The molecular formula is C11H13F3N2. The van der Waals surface area contributed by atoms with E-state index in [2.05, 4.69) is 4.98 Å². The second kappa shape index (κ2) is 4.05. The molecule has 0 spiro atoms. The van der Waals surface area contributed by atoms with Crippen LogP contribution in [0, 0.1) is 5.92 Å². The fraction of sp³-hybridized carbons (Fsp3) is 0.545. The van der Waals surface area contributed by atoms with Gasteiger partial charge in [-0.1, -0.05) is 6.07 Å². The topological polar surface area (TPSA) is 38.9 Å². The van der Waals surface area contributed by atoms with Crippen molar-refractivity contribution in [3.8, 4) is 0 Å². The molecule has 1 aliphatic carbocycles. The van der Waals surface area contributed by atoms with E-state index in [0.29, 0.717) is 12.5 Å². The third-order valence-electron chi connectivity index (χ3n) is 2.95. The zero-order chi connectivity index (χ0) is 11.8. The highest BCUT2D eigenvalue weighted by molar-refractivity contribution is 5.22. The van der Waals surface area contributed by atoms with Crippen molar-refractivity contribution in [3.05, 3.63) is 29.6 Å². The molecule has 0 radical (unpaired) electrons. The van der Waals surface area contributed by atoms with Crippen LogP contribution in [0.3, 0.4) is 0 Å². The number of aromatic nitrogens is 1. The lowest BCUT2D eigenvalue weighted by Crippen LogP contribution is -2.15. The van der Waals surface area contributed by atoms with E-state index in [9.17, 15) is 13.2 Å². The van der Waals surface area contributed by atoms with Crippen LogP contribution in [0.2, 0.25) is 0 Å². The molecule has 1 saturated carbocycles. The zero-order valence-corrected chi connectivity index (χ0v) is 8.67. The monoisotopic (exact) mass is 230 g/mol. The second-order valence-corrected chi connectivity index (χ2v) is 4.15. The van der Waals surface area contributed by atoms with Gasteiger partial charge in [-0.05, 0) is 36.9 Å². The first-order valence-corrected chi connectivity index (χ1v) is 5.25. The number of nitrogens with two attached hydrogens (primary N) is 1. The lowest BCUT2D eigenvalue weighted by atomic mass is 9.96. The van der Waals surface area contributed by atoms with Gasteiger partial charge in [-0.2, -0.15) is 13.2 Å². The Balaban J connectivity index is 2.18. The average Bonchev–Trinajstić information content (AvgIpc) is 3.03. The van der Waals surface area contributed by atoms with E-state index in [0.717, 1.165) is 24.5 Å². The summed E-state index contributed by atoms with van der Waals surface area (Å²) >= 11 is 0. The molecule has 5 heteroatoms. The summed E-state index contributed by atoms with van der Waals surface area (Å²) in [7, 11) is 0. The SMILES string of the molecule is NC[C@@H](c1ccc(C(F)(F)F)nc1)C1CC1. The molecular weight excluding hydrogens is 217 g/mol. The van der Waals surface area contributed by atoms with Gasteiger partial charge in [0.15, 0.2) is 0 Å². The standard InChI is InChI=1S/C11H13F3N2/c12-11(13,14)10-4-3-8(6-16-10)9(5-15)7-1-2-7/h3-4,6-7,9H,1-2,5,15H2/t9-/m1/s1. The molecule has 0 aliphatic heterocycles. The Hall–Kier alpha value is -1.10. The molecule has 1 aromatic heterocycles. The number of halogens is 3. The first kappa shape index (κ1) is 11.4. The first-order valence-electron chi connectivity index (χ1n) is 5.25. The Kier molecular flexibility index (Phi) is 2.88. The Bertz CT molecular complexity index is 354. The third kappa shape index (κ3) is 2.35. The van der Waals surface area contributed by atoms with Crippen molar-refractivity contribution in [2.45, 2.75) is 24.9 Å². The molecule has 2 nitrogen and oxygen atoms in total. The summed E-state index contributed by atoms with van der Waals surface area (Å²) in [6, 6.07) is 2.52. The van der Waals surface area contributed by atoms with E-state index >= 15 is 0 Å². The van der Waals surface area contributed by atoms with Crippen LogP contribution in [0.15, 0.2) is 18.3 Å². The van der Waals surface area contributed by atoms with E-state index < -0.39 is 11.9 Å². The Morgan fingerprint density at radius 2 is 2.06 bits per heavy atom. The molecule has 2 N–H and O–H groups in total. The lowest BCUT2D eigenvalue weighted by molar-refractivity contribution is -0.141. The number of rotatable bonds is 3. The van der Waals surface area contributed by atoms with Crippen molar-refractivity contribution in [2.75, 3.05) is 6.54 Å². The summed E-state index contributed by atoms with van der Waals surface area (Å²) in [6.07, 6.45) is -0.833. The molecule has 0 aromatic carbocycles. The van der Waals surface area contributed by atoms with Crippen LogP contribution in [0.25, 0.3) is 0 Å². The molecule has 2 rings (SSSR count). The largest absolute Gasteiger partial charge is 0.433 e. The van der Waals surface area contributed by atoms with Gasteiger partial charge in [-0.25, -0.2) is 0 Å². The van der Waals surface area contributed by atoms with Gasteiger partial charge in [-0.3, -0.25) is 4.98 Å². The Labute approximate surface area is 91.7 Å². The van der Waals surface area contributed by atoms with Crippen molar-refractivity contribution < 1.29 is 13.2 Å². The molecule has 16 heavy (non-hydrogen) atoms. The summed E-state index contributed by atoms with van der Waals surface area (Å²) < 4.78 is 36.9. The zero-order valence-electron chi connectivity index (χ0n) is 8.67. The van der Waals surface area contributed by atoms with Crippen molar-refractivity contribution >= 4 is 0 Å². The fourth-order valence-electron chi connectivity index (χ4n) is 1.89. The minimum Gasteiger partial charge on any atom is -0.330 e. The van der Waals surface area contributed by atoms with Crippen LogP contribution in [0.4, 0.5) is 13.2 Å². The van der Waals surface area contributed by atoms with Crippen LogP contribution in [0.1, 0.15) is 30.0 Å². The highest BCUT2D eigenvalue weighted by Crippen LogP contribution is 2.42. The number of alkyl halides is 3. The van der Waals surface area contributed by atoms with Crippen LogP contribution in [-0.4, -0.2) is 11.5 Å². The smallest absolute Gasteiger partial charge is 0.330 e. The average molecular weight is 230 g/mol. The van der Waals surface area contributed by atoms with Crippen LogP contribution in [0.5, 0.6) is 0 Å². The van der Waals surface area contributed by atoms with E-state index in [-0.39, 0.29) is 5.92 Å². The van der Waals surface area contributed by atoms with Crippen LogP contribution >= 0.6 is 0 Å². The molecule has 1 atom stereocenters. The minimum absolute atomic E-state index is 0.162. The predicted octanol–water partition coefficient (Wildman–Crippen LogP) is 2.55. The quantitative estimate of drug-likeness (QED) is 0.866. The lowest BCUT2D eigenvalue weighted by Gasteiger charge is -2.14. The summed E-state index contributed by atoms with van der Waals surface area (Å²) in [4.78, 5) is 3.45. The maximum atomic E-state index is 12.3. The third-order valence-corrected chi connectivity index (χ3v) is 2.95. The highest BCUT2D eigenvalue weighted by Gasteiger charge is 2.34. The van der Waals surface area contributed by atoms with Crippen molar-refractivity contribution in [1.29, 1.82) is 0 Å². The summed E-state index contributed by atoms with van der Waals surface area (Å²) in [6.45, 7) is 0.470. The fourth-order valence-corrected chi connectivity index (χ4v) is 1.89. The maximum Gasteiger partial charge on any atom is 0.433 e. The minimum atomic E-state index is -4.36. The van der Waals surface area contributed by atoms with Gasteiger partial charge in [-0.15, -0.1) is 0 Å². The van der Waals surface area contributed by atoms with Crippen molar-refractivity contribution in [2.24, 2.45) is 11.7 Å². The highest BCUT2D eigenvalue weighted by atomic mass is 19.4. The van der Waals surface area contributed by atoms with Gasteiger partial charge in [0.05, 0.1) is 0 Å². The first-order chi connectivity index (χ1) is 7.52. The van der Waals surface area contributed by atoms with E-state index in [4.69, 9.17) is 5.73 Å². The Morgan fingerprint density at radius 1 is 1.38 bits per heavy atom. The Morgan fingerprint density at radius 3 is 2.44 bits per heavy atom. The molecule has 0 bridgehead atoms. The second-order valence-electron chi connectivity index (χ2n) is 4.15. The molecule has 0 unspecified atom stereocenters. The molecule has 88 valence electrons. The summed E-state index contributed by atoms with van der Waals surface area (Å²) in [5.74, 6) is 0.693. The molecule has 0 saturated heterocycles. The van der Waals surface area contributed by atoms with Crippen LogP contribution in [-0.2, 0) is 6.18 Å². The van der Waals surface area contributed by atoms with Gasteiger partial charge in [0.1, 0.15) is 5.69 Å². The van der Waals surface area contributed by atoms with Gasteiger partial charge in [0.25, 0.3) is 0 Å². The van der Waals surface area contributed by atoms with E-state index in [1.807, 2.05) is 0 Å². The number of pyridine rings is 1. The maximum absolute atomic E-state index is 12.3. The molecule has 1 aliphatic rings. The van der Waals surface area contributed by atoms with Gasteiger partial charge < -0.3 is 5.73 Å². The number of hydrogen-bond donors (Lipinski definition) is 1. The molecule has 1 heterocycles. The van der Waals surface area contributed by atoms with Crippen molar-refractivity contribution in [3.63, 3.8) is 0 Å². The van der Waals surface area contributed by atoms with Crippen molar-refractivity contribution in [1.82, 2.24) is 4.98 Å².